The molecule has 0 spiro atoms. The molecule has 7 unspecified atom stereocenters. The first-order valence-corrected chi connectivity index (χ1v) is 10.4. The topological polar surface area (TPSA) is 0 Å². The van der Waals surface area contributed by atoms with E-state index in [9.17, 15) is 0 Å². The lowest BCUT2D eigenvalue weighted by molar-refractivity contribution is 0.195. The molecule has 0 aromatic heterocycles. The van der Waals surface area contributed by atoms with E-state index in [0.29, 0.717) is 0 Å². The van der Waals surface area contributed by atoms with Crippen LogP contribution in [0.1, 0.15) is 99.8 Å². The SMILES string of the molecule is CCCC(C)C(C)C(C)CC(CC)CC1CCC(CC)C1C. The van der Waals surface area contributed by atoms with Crippen molar-refractivity contribution in [3.63, 3.8) is 0 Å². The summed E-state index contributed by atoms with van der Waals surface area (Å²) in [7, 11) is 0. The van der Waals surface area contributed by atoms with Crippen molar-refractivity contribution in [2.24, 2.45) is 41.4 Å². The van der Waals surface area contributed by atoms with Gasteiger partial charge < -0.3 is 0 Å². The Labute approximate surface area is 141 Å². The van der Waals surface area contributed by atoms with Crippen LogP contribution in [0, 0.1) is 41.4 Å². The lowest BCUT2D eigenvalue weighted by Gasteiger charge is -2.31. The van der Waals surface area contributed by atoms with Crippen LogP contribution in [0.5, 0.6) is 0 Å². The van der Waals surface area contributed by atoms with Crippen molar-refractivity contribution in [1.29, 1.82) is 0 Å². The highest BCUT2D eigenvalue weighted by molar-refractivity contribution is 4.83. The number of hydrogen-bond donors (Lipinski definition) is 0. The zero-order valence-electron chi connectivity index (χ0n) is 16.7. The Morgan fingerprint density at radius 3 is 2.05 bits per heavy atom. The Hall–Kier alpha value is 0. The average Bonchev–Trinajstić information content (AvgIpc) is 2.86. The summed E-state index contributed by atoms with van der Waals surface area (Å²) in [5, 5.41) is 0. The minimum Gasteiger partial charge on any atom is -0.0654 e. The molecule has 1 saturated carbocycles. The van der Waals surface area contributed by atoms with E-state index in [0.717, 1.165) is 41.4 Å². The zero-order valence-corrected chi connectivity index (χ0v) is 16.7. The molecule has 1 aliphatic rings. The van der Waals surface area contributed by atoms with Crippen LogP contribution >= 0.6 is 0 Å². The van der Waals surface area contributed by atoms with Crippen LogP contribution in [-0.2, 0) is 0 Å². The van der Waals surface area contributed by atoms with E-state index >= 15 is 0 Å². The summed E-state index contributed by atoms with van der Waals surface area (Å²) in [4.78, 5) is 0. The molecule has 1 fully saturated rings. The van der Waals surface area contributed by atoms with Crippen LogP contribution in [0.2, 0.25) is 0 Å². The summed E-state index contributed by atoms with van der Waals surface area (Å²) in [6, 6.07) is 0. The van der Waals surface area contributed by atoms with Crippen LogP contribution in [0.4, 0.5) is 0 Å². The molecule has 0 saturated heterocycles. The first-order chi connectivity index (χ1) is 10.4. The maximum atomic E-state index is 2.54. The molecule has 0 aromatic rings. The fourth-order valence-corrected chi connectivity index (χ4v) is 5.12. The Kier molecular flexibility index (Phi) is 9.10. The van der Waals surface area contributed by atoms with Gasteiger partial charge in [0, 0.05) is 0 Å². The zero-order chi connectivity index (χ0) is 16.7. The Morgan fingerprint density at radius 2 is 1.55 bits per heavy atom. The number of rotatable bonds is 10. The molecule has 0 aliphatic heterocycles. The van der Waals surface area contributed by atoms with Crippen molar-refractivity contribution in [1.82, 2.24) is 0 Å². The van der Waals surface area contributed by atoms with Crippen LogP contribution in [0.15, 0.2) is 0 Å². The lowest BCUT2D eigenvalue weighted by atomic mass is 9.75. The molecular weight excluding hydrogens is 264 g/mol. The van der Waals surface area contributed by atoms with Crippen LogP contribution in [0.3, 0.4) is 0 Å². The minimum atomic E-state index is 0.887. The average molecular weight is 309 g/mol. The summed E-state index contributed by atoms with van der Waals surface area (Å²) in [5.74, 6) is 6.66. The van der Waals surface area contributed by atoms with E-state index < -0.39 is 0 Å². The quantitative estimate of drug-likeness (QED) is 0.390. The standard InChI is InChI=1S/C22H44/c1-8-11-16(4)18(6)17(5)14-20(9-2)15-22-13-12-21(10-3)19(22)7/h16-22H,8-15H2,1-7H3. The van der Waals surface area contributed by atoms with E-state index in [4.69, 9.17) is 0 Å². The maximum absolute atomic E-state index is 2.54. The largest absolute Gasteiger partial charge is 0.0654 e. The number of hydrogen-bond acceptors (Lipinski definition) is 0. The molecule has 0 heteroatoms. The van der Waals surface area contributed by atoms with Gasteiger partial charge in [-0.25, -0.2) is 0 Å². The molecule has 1 aliphatic carbocycles. The molecule has 22 heavy (non-hydrogen) atoms. The van der Waals surface area contributed by atoms with Crippen molar-refractivity contribution in [3.8, 4) is 0 Å². The van der Waals surface area contributed by atoms with Crippen molar-refractivity contribution in [3.05, 3.63) is 0 Å². The smallest absolute Gasteiger partial charge is 0.0383 e. The van der Waals surface area contributed by atoms with Crippen LogP contribution in [0.25, 0.3) is 0 Å². The highest BCUT2D eigenvalue weighted by Gasteiger charge is 2.33. The molecule has 7 atom stereocenters. The highest BCUT2D eigenvalue weighted by Crippen LogP contribution is 2.43. The molecule has 1 rings (SSSR count). The lowest BCUT2D eigenvalue weighted by Crippen LogP contribution is -2.21. The van der Waals surface area contributed by atoms with Crippen molar-refractivity contribution in [2.75, 3.05) is 0 Å². The molecule has 0 N–H and O–H groups in total. The predicted octanol–water partition coefficient (Wildman–Crippen LogP) is 7.57. The summed E-state index contributed by atoms with van der Waals surface area (Å²) < 4.78 is 0. The van der Waals surface area contributed by atoms with E-state index in [1.807, 2.05) is 0 Å². The van der Waals surface area contributed by atoms with Gasteiger partial charge in [0.1, 0.15) is 0 Å². The van der Waals surface area contributed by atoms with Crippen molar-refractivity contribution in [2.45, 2.75) is 99.8 Å². The molecule has 0 amide bonds. The Bertz CT molecular complexity index is 282. The molecule has 132 valence electrons. The van der Waals surface area contributed by atoms with Gasteiger partial charge in [-0.3, -0.25) is 0 Å². The van der Waals surface area contributed by atoms with E-state index in [-0.39, 0.29) is 0 Å². The molecular formula is C22H44. The van der Waals surface area contributed by atoms with Gasteiger partial charge in [-0.15, -0.1) is 0 Å². The highest BCUT2D eigenvalue weighted by atomic mass is 14.4. The van der Waals surface area contributed by atoms with Crippen LogP contribution in [-0.4, -0.2) is 0 Å². The van der Waals surface area contributed by atoms with E-state index in [1.165, 1.54) is 51.4 Å². The van der Waals surface area contributed by atoms with Gasteiger partial charge in [-0.05, 0) is 67.1 Å². The van der Waals surface area contributed by atoms with Gasteiger partial charge in [0.05, 0.1) is 0 Å². The van der Waals surface area contributed by atoms with Gasteiger partial charge in [0.2, 0.25) is 0 Å². The Balaban J connectivity index is 2.47. The second-order valence-corrected chi connectivity index (χ2v) is 8.71. The molecule has 0 aromatic carbocycles. The fraction of sp³-hybridized carbons (Fsp3) is 1.00. The second kappa shape index (κ2) is 9.99. The molecule has 0 bridgehead atoms. The fourth-order valence-electron chi connectivity index (χ4n) is 5.12. The van der Waals surface area contributed by atoms with Crippen molar-refractivity contribution >= 4 is 0 Å². The Morgan fingerprint density at radius 1 is 0.909 bits per heavy atom. The van der Waals surface area contributed by atoms with Crippen molar-refractivity contribution < 1.29 is 0 Å². The summed E-state index contributed by atoms with van der Waals surface area (Å²) in [5.41, 5.74) is 0. The van der Waals surface area contributed by atoms with Crippen LogP contribution < -0.4 is 0 Å². The molecule has 0 radical (unpaired) electrons. The van der Waals surface area contributed by atoms with Gasteiger partial charge >= 0.3 is 0 Å². The third-order valence-electron chi connectivity index (χ3n) is 7.38. The first-order valence-electron chi connectivity index (χ1n) is 10.4. The second-order valence-electron chi connectivity index (χ2n) is 8.71. The first kappa shape index (κ1) is 20.0. The molecule has 0 heterocycles. The van der Waals surface area contributed by atoms with Gasteiger partial charge in [0.15, 0.2) is 0 Å². The van der Waals surface area contributed by atoms with Gasteiger partial charge in [-0.2, -0.15) is 0 Å². The molecule has 0 nitrogen and oxygen atoms in total. The summed E-state index contributed by atoms with van der Waals surface area (Å²) >= 11 is 0. The van der Waals surface area contributed by atoms with E-state index in [1.54, 1.807) is 0 Å². The summed E-state index contributed by atoms with van der Waals surface area (Å²) in [6.07, 6.45) is 11.5. The van der Waals surface area contributed by atoms with Gasteiger partial charge in [0.25, 0.3) is 0 Å². The minimum absolute atomic E-state index is 0.887. The third kappa shape index (κ3) is 5.57. The normalized spacial score (nSPS) is 31.0. The maximum Gasteiger partial charge on any atom is -0.0383 e. The van der Waals surface area contributed by atoms with Gasteiger partial charge in [-0.1, -0.05) is 74.1 Å². The monoisotopic (exact) mass is 308 g/mol. The third-order valence-corrected chi connectivity index (χ3v) is 7.38. The van der Waals surface area contributed by atoms with E-state index in [2.05, 4.69) is 48.5 Å². The summed E-state index contributed by atoms with van der Waals surface area (Å²) in [6.45, 7) is 17.2. The predicted molar refractivity (Wildman–Crippen MR) is 101 cm³/mol.